The van der Waals surface area contributed by atoms with Crippen molar-refractivity contribution in [3.8, 4) is 11.3 Å². The van der Waals surface area contributed by atoms with Gasteiger partial charge in [-0.3, -0.25) is 19.4 Å². The van der Waals surface area contributed by atoms with Crippen LogP contribution < -0.4 is 20.4 Å². The Morgan fingerprint density at radius 1 is 0.887 bits per heavy atom. The molecule has 3 aliphatic rings. The first-order valence-corrected chi connectivity index (χ1v) is 17.1. The van der Waals surface area contributed by atoms with E-state index in [0.29, 0.717) is 57.3 Å². The number of rotatable bonds is 6. The first kappa shape index (κ1) is 34.1. The van der Waals surface area contributed by atoms with Crippen LogP contribution in [0.4, 0.5) is 36.1 Å². The van der Waals surface area contributed by atoms with Crippen molar-refractivity contribution in [1.29, 1.82) is 0 Å². The highest BCUT2D eigenvalue weighted by atomic mass is 19.1. The molecule has 0 radical (unpaired) electrons. The first-order valence-electron chi connectivity index (χ1n) is 17.1. The molecule has 3 amide bonds. The van der Waals surface area contributed by atoms with Gasteiger partial charge in [0.2, 0.25) is 0 Å². The van der Waals surface area contributed by atoms with Crippen LogP contribution in [0.3, 0.4) is 0 Å². The Labute approximate surface area is 301 Å². The van der Waals surface area contributed by atoms with E-state index in [1.807, 2.05) is 13.0 Å². The number of hydrogen-bond donors (Lipinski definition) is 2. The Morgan fingerprint density at radius 2 is 1.62 bits per heavy atom. The van der Waals surface area contributed by atoms with Gasteiger partial charge in [-0.1, -0.05) is 0 Å². The summed E-state index contributed by atoms with van der Waals surface area (Å²) in [6.07, 6.45) is 7.06. The lowest BCUT2D eigenvalue weighted by Gasteiger charge is -2.53. The van der Waals surface area contributed by atoms with Gasteiger partial charge in [0.15, 0.2) is 17.4 Å². The zero-order valence-corrected chi connectivity index (χ0v) is 28.5. The number of hydrogen-bond acceptors (Lipinski definition) is 8. The zero-order valence-electron chi connectivity index (χ0n) is 28.5. The number of fused-ring (bicyclic) bond motifs is 3. The molecule has 270 valence electrons. The van der Waals surface area contributed by atoms with Crippen LogP contribution in [0.25, 0.3) is 11.3 Å². The van der Waals surface area contributed by atoms with Crippen LogP contribution in [-0.2, 0) is 11.2 Å². The number of aromatic nitrogens is 2. The molecule has 0 bridgehead atoms. The smallest absolute Gasteiger partial charge is 0.291 e. The summed E-state index contributed by atoms with van der Waals surface area (Å²) in [5.41, 5.74) is 3.11. The Kier molecular flexibility index (Phi) is 8.69. The molecule has 0 aliphatic carbocycles. The number of nitrogens with one attached hydrogen (secondary N) is 2. The van der Waals surface area contributed by atoms with Crippen molar-refractivity contribution >= 4 is 40.6 Å². The van der Waals surface area contributed by atoms with Crippen molar-refractivity contribution in [2.45, 2.75) is 26.2 Å². The minimum absolute atomic E-state index is 0.193. The molecule has 14 heteroatoms. The molecular weight excluding hydrogens is 689 g/mol. The Balaban J connectivity index is 0.975. The second-order valence-corrected chi connectivity index (χ2v) is 13.6. The molecule has 2 saturated heterocycles. The number of ether oxygens (including phenoxy) is 1. The maximum Gasteiger partial charge on any atom is 0.291 e. The average molecular weight is 723 g/mol. The maximum atomic E-state index is 14.2. The number of anilines is 4. The number of furan rings is 1. The second-order valence-electron chi connectivity index (χ2n) is 13.6. The number of pyridine rings is 2. The van der Waals surface area contributed by atoms with Crippen LogP contribution in [0.2, 0.25) is 0 Å². The summed E-state index contributed by atoms with van der Waals surface area (Å²) in [5, 5.41) is 5.06. The van der Waals surface area contributed by atoms with E-state index >= 15 is 0 Å². The van der Waals surface area contributed by atoms with Gasteiger partial charge in [-0.05, 0) is 74.2 Å². The summed E-state index contributed by atoms with van der Waals surface area (Å²) in [6, 6.07) is 12.4. The molecule has 2 fully saturated rings. The molecule has 11 nitrogen and oxygen atoms in total. The van der Waals surface area contributed by atoms with Gasteiger partial charge in [0.1, 0.15) is 23.1 Å². The van der Waals surface area contributed by atoms with E-state index in [-0.39, 0.29) is 36.0 Å². The SMILES string of the molecule is Cc1cnc(N2CC3(CCOCC3)C2)c(C(=O)Nc2ccc(C(=O)N3CCc4cc(C(=O)Nc5c(F)cc(F)cc5F)oc4-c4ccncc43)cc2)c1. The molecule has 0 atom stereocenters. The lowest BCUT2D eigenvalue weighted by Crippen LogP contribution is -2.59. The summed E-state index contributed by atoms with van der Waals surface area (Å²) < 4.78 is 53.2. The standard InChI is InChI=1S/C39H33F3N6O5/c1-22-14-28(35(44-18-22)47-20-39(21-47)8-12-52-13-9-39)36(49)45-26-4-2-23(3-5-26)38(51)48-11-7-24-15-32(53-34(24)27-6-10-43-19-31(27)48)37(50)46-33-29(41)16-25(40)17-30(33)42/h2-6,10,14-19H,7-9,11-13,20-21H2,1H3,(H,45,49)(H,46,50). The quantitative estimate of drug-likeness (QED) is 0.196. The van der Waals surface area contributed by atoms with Gasteiger partial charge in [-0.25, -0.2) is 18.2 Å². The third kappa shape index (κ3) is 6.50. The lowest BCUT2D eigenvalue weighted by molar-refractivity contribution is -0.000511. The molecule has 1 spiro atoms. The largest absolute Gasteiger partial charge is 0.451 e. The van der Waals surface area contributed by atoms with E-state index in [0.717, 1.165) is 44.7 Å². The van der Waals surface area contributed by atoms with Gasteiger partial charge >= 0.3 is 0 Å². The molecule has 53 heavy (non-hydrogen) atoms. The van der Waals surface area contributed by atoms with Gasteiger partial charge in [0, 0.05) is 85.2 Å². The molecule has 6 heterocycles. The minimum Gasteiger partial charge on any atom is -0.451 e. The van der Waals surface area contributed by atoms with Crippen LogP contribution in [0.15, 0.2) is 77.6 Å². The van der Waals surface area contributed by atoms with Crippen molar-refractivity contribution < 1.29 is 36.7 Å². The fraction of sp³-hybridized carbons (Fsp3) is 0.256. The minimum atomic E-state index is -1.27. The average Bonchev–Trinajstić information content (AvgIpc) is 3.50. The maximum absolute atomic E-state index is 14.2. The Morgan fingerprint density at radius 3 is 2.36 bits per heavy atom. The summed E-state index contributed by atoms with van der Waals surface area (Å²) in [6.45, 7) is 5.25. The van der Waals surface area contributed by atoms with Gasteiger partial charge in [0.05, 0.1) is 17.4 Å². The van der Waals surface area contributed by atoms with E-state index < -0.39 is 29.0 Å². The summed E-state index contributed by atoms with van der Waals surface area (Å²) in [4.78, 5) is 53.0. The fourth-order valence-electron chi connectivity index (χ4n) is 7.21. The number of aryl methyl sites for hydroxylation is 1. The molecule has 2 N–H and O–H groups in total. The highest BCUT2D eigenvalue weighted by Gasteiger charge is 2.45. The van der Waals surface area contributed by atoms with Gasteiger partial charge in [0.25, 0.3) is 17.7 Å². The second kappa shape index (κ2) is 13.5. The Bertz CT molecular complexity index is 2240. The predicted molar refractivity (Wildman–Crippen MR) is 190 cm³/mol. The number of carbonyl (C=O) groups excluding carboxylic acids is 3. The van der Waals surface area contributed by atoms with Crippen LogP contribution in [0, 0.1) is 29.8 Å². The fourth-order valence-corrected chi connectivity index (χ4v) is 7.21. The summed E-state index contributed by atoms with van der Waals surface area (Å²) >= 11 is 0. The Hall–Kier alpha value is -6.02. The summed E-state index contributed by atoms with van der Waals surface area (Å²) in [7, 11) is 0. The van der Waals surface area contributed by atoms with Crippen molar-refractivity contribution in [2.75, 3.05) is 53.3 Å². The van der Waals surface area contributed by atoms with Crippen molar-refractivity contribution in [3.63, 3.8) is 0 Å². The molecule has 8 rings (SSSR count). The number of nitrogens with zero attached hydrogens (tertiary/aromatic N) is 4. The molecule has 2 aromatic carbocycles. The highest BCUT2D eigenvalue weighted by Crippen LogP contribution is 2.43. The summed E-state index contributed by atoms with van der Waals surface area (Å²) in [5.74, 6) is -4.50. The predicted octanol–water partition coefficient (Wildman–Crippen LogP) is 6.79. The van der Waals surface area contributed by atoms with Crippen LogP contribution in [0.1, 0.15) is 55.2 Å². The zero-order chi connectivity index (χ0) is 36.9. The van der Waals surface area contributed by atoms with E-state index in [1.165, 1.54) is 18.5 Å². The lowest BCUT2D eigenvalue weighted by atomic mass is 9.73. The highest BCUT2D eigenvalue weighted by molar-refractivity contribution is 6.10. The van der Waals surface area contributed by atoms with E-state index in [2.05, 4.69) is 25.5 Å². The van der Waals surface area contributed by atoms with E-state index in [1.54, 1.807) is 41.4 Å². The third-order valence-electron chi connectivity index (χ3n) is 10.0. The van der Waals surface area contributed by atoms with Crippen molar-refractivity contribution in [2.24, 2.45) is 5.41 Å². The van der Waals surface area contributed by atoms with E-state index in [4.69, 9.17) is 9.15 Å². The van der Waals surface area contributed by atoms with Crippen molar-refractivity contribution in [3.05, 3.63) is 119 Å². The van der Waals surface area contributed by atoms with Crippen LogP contribution in [0.5, 0.6) is 0 Å². The normalized spacial score (nSPS) is 15.9. The molecular formula is C39H33F3N6O5. The first-order chi connectivity index (χ1) is 25.6. The molecule has 3 aliphatic heterocycles. The third-order valence-corrected chi connectivity index (χ3v) is 10.0. The monoisotopic (exact) mass is 722 g/mol. The molecule has 3 aromatic heterocycles. The number of halogens is 3. The molecule has 0 saturated carbocycles. The van der Waals surface area contributed by atoms with Crippen LogP contribution >= 0.6 is 0 Å². The number of carbonyl (C=O) groups is 3. The molecule has 0 unspecified atom stereocenters. The van der Waals surface area contributed by atoms with Gasteiger partial charge < -0.3 is 29.6 Å². The topological polar surface area (TPSA) is 130 Å². The van der Waals surface area contributed by atoms with Gasteiger partial charge in [-0.15, -0.1) is 0 Å². The number of amides is 3. The van der Waals surface area contributed by atoms with Crippen molar-refractivity contribution in [1.82, 2.24) is 9.97 Å². The van der Waals surface area contributed by atoms with Gasteiger partial charge in [-0.2, -0.15) is 0 Å². The molecule has 5 aromatic rings. The number of benzene rings is 2. The van der Waals surface area contributed by atoms with E-state index in [9.17, 15) is 27.6 Å². The van der Waals surface area contributed by atoms with Crippen LogP contribution in [-0.4, -0.2) is 60.5 Å².